The average Bonchev–Trinajstić information content (AvgIpc) is 2.28. The Morgan fingerprint density at radius 1 is 1.35 bits per heavy atom. The van der Waals surface area contributed by atoms with Crippen molar-refractivity contribution in [1.82, 2.24) is 5.32 Å². The molecule has 0 aromatic heterocycles. The van der Waals surface area contributed by atoms with Crippen molar-refractivity contribution in [3.8, 4) is 0 Å². The molecule has 1 aromatic rings. The van der Waals surface area contributed by atoms with Gasteiger partial charge in [-0.05, 0) is 24.6 Å². The highest BCUT2D eigenvalue weighted by Gasteiger charge is 2.10. The number of carbonyl (C=O) groups is 1. The predicted molar refractivity (Wildman–Crippen MR) is 70.6 cm³/mol. The summed E-state index contributed by atoms with van der Waals surface area (Å²) in [5, 5.41) is 2.72. The van der Waals surface area contributed by atoms with E-state index in [0.29, 0.717) is 11.0 Å². The van der Waals surface area contributed by atoms with E-state index in [2.05, 4.69) is 28.2 Å². The Kier molecular flexibility index (Phi) is 6.19. The van der Waals surface area contributed by atoms with Crippen LogP contribution < -0.4 is 5.32 Å². The predicted octanol–water partition coefficient (Wildman–Crippen LogP) is 3.90. The van der Waals surface area contributed by atoms with Crippen molar-refractivity contribution >= 4 is 21.8 Å². The molecular weight excluding hydrogens is 285 g/mol. The van der Waals surface area contributed by atoms with Gasteiger partial charge in [-0.25, -0.2) is 4.39 Å². The van der Waals surface area contributed by atoms with Gasteiger partial charge >= 0.3 is 0 Å². The first-order chi connectivity index (χ1) is 8.15. The molecule has 0 aliphatic heterocycles. The van der Waals surface area contributed by atoms with Gasteiger partial charge in [-0.3, -0.25) is 4.79 Å². The quantitative estimate of drug-likeness (QED) is 0.793. The van der Waals surface area contributed by atoms with Crippen LogP contribution >= 0.6 is 15.9 Å². The van der Waals surface area contributed by atoms with Crippen LogP contribution in [0.15, 0.2) is 22.7 Å². The van der Waals surface area contributed by atoms with E-state index in [4.69, 9.17) is 0 Å². The smallest absolute Gasteiger partial charge is 0.254 e. The van der Waals surface area contributed by atoms with Gasteiger partial charge in [0.2, 0.25) is 0 Å². The molecule has 0 fully saturated rings. The zero-order valence-electron chi connectivity index (χ0n) is 9.93. The van der Waals surface area contributed by atoms with E-state index in [9.17, 15) is 9.18 Å². The highest BCUT2D eigenvalue weighted by atomic mass is 79.9. The van der Waals surface area contributed by atoms with Crippen molar-refractivity contribution < 1.29 is 9.18 Å². The molecule has 94 valence electrons. The van der Waals surface area contributed by atoms with E-state index >= 15 is 0 Å². The minimum absolute atomic E-state index is 0.101. The summed E-state index contributed by atoms with van der Waals surface area (Å²) in [6.07, 6.45) is 4.37. The molecule has 0 spiro atoms. The van der Waals surface area contributed by atoms with Crippen LogP contribution in [-0.2, 0) is 0 Å². The first-order valence-electron chi connectivity index (χ1n) is 5.88. The van der Waals surface area contributed by atoms with Gasteiger partial charge in [0.1, 0.15) is 5.82 Å². The highest BCUT2D eigenvalue weighted by molar-refractivity contribution is 9.10. The number of benzene rings is 1. The molecule has 0 unspecified atom stereocenters. The van der Waals surface area contributed by atoms with E-state index in [-0.39, 0.29) is 11.5 Å². The van der Waals surface area contributed by atoms with Gasteiger partial charge in [-0.15, -0.1) is 0 Å². The second-order valence-electron chi connectivity index (χ2n) is 3.94. The van der Waals surface area contributed by atoms with Gasteiger partial charge in [0.15, 0.2) is 0 Å². The normalized spacial score (nSPS) is 10.3. The van der Waals surface area contributed by atoms with Crippen molar-refractivity contribution in [2.75, 3.05) is 6.54 Å². The van der Waals surface area contributed by atoms with Gasteiger partial charge in [-0.1, -0.05) is 42.1 Å². The molecule has 0 saturated carbocycles. The second-order valence-corrected chi connectivity index (χ2v) is 4.86. The van der Waals surface area contributed by atoms with Crippen LogP contribution in [0.5, 0.6) is 0 Å². The fourth-order valence-electron chi connectivity index (χ4n) is 1.52. The Hall–Kier alpha value is -0.900. The topological polar surface area (TPSA) is 29.1 Å². The van der Waals surface area contributed by atoms with Gasteiger partial charge in [0.05, 0.1) is 5.56 Å². The minimum Gasteiger partial charge on any atom is -0.352 e. The molecule has 0 heterocycles. The fourth-order valence-corrected chi connectivity index (χ4v) is 1.86. The number of hydrogen-bond acceptors (Lipinski definition) is 1. The molecular formula is C13H17BrFNO. The lowest BCUT2D eigenvalue weighted by molar-refractivity contribution is 0.0949. The molecule has 4 heteroatoms. The maximum absolute atomic E-state index is 13.4. The van der Waals surface area contributed by atoms with Gasteiger partial charge in [0, 0.05) is 11.0 Å². The summed E-state index contributed by atoms with van der Waals surface area (Å²) in [6.45, 7) is 2.74. The van der Waals surface area contributed by atoms with Crippen LogP contribution in [0.25, 0.3) is 0 Å². The summed E-state index contributed by atoms with van der Waals surface area (Å²) in [5.74, 6) is -0.836. The number of hydrogen-bond donors (Lipinski definition) is 1. The summed E-state index contributed by atoms with van der Waals surface area (Å²) < 4.78 is 14.1. The number of unbranched alkanes of at least 4 members (excludes halogenated alkanes) is 3. The SMILES string of the molecule is CCCCCCNC(=O)c1ccc(Br)cc1F. The molecule has 0 aliphatic carbocycles. The molecule has 0 radical (unpaired) electrons. The maximum Gasteiger partial charge on any atom is 0.254 e. The van der Waals surface area contributed by atoms with E-state index in [0.717, 1.165) is 19.3 Å². The lowest BCUT2D eigenvalue weighted by Gasteiger charge is -2.06. The van der Waals surface area contributed by atoms with E-state index in [1.807, 2.05) is 0 Å². The Morgan fingerprint density at radius 2 is 2.12 bits per heavy atom. The molecule has 0 atom stereocenters. The van der Waals surface area contributed by atoms with Crippen molar-refractivity contribution in [3.63, 3.8) is 0 Å². The van der Waals surface area contributed by atoms with Crippen LogP contribution in [-0.4, -0.2) is 12.5 Å². The van der Waals surface area contributed by atoms with E-state index < -0.39 is 5.82 Å². The molecule has 1 N–H and O–H groups in total. The van der Waals surface area contributed by atoms with Crippen molar-refractivity contribution in [3.05, 3.63) is 34.1 Å². The molecule has 0 aliphatic rings. The molecule has 1 rings (SSSR count). The standard InChI is InChI=1S/C13H17BrFNO/c1-2-3-4-5-8-16-13(17)11-7-6-10(14)9-12(11)15/h6-7,9H,2-5,8H2,1H3,(H,16,17). The zero-order chi connectivity index (χ0) is 12.7. The monoisotopic (exact) mass is 301 g/mol. The Balaban J connectivity index is 2.42. The van der Waals surface area contributed by atoms with Gasteiger partial charge < -0.3 is 5.32 Å². The van der Waals surface area contributed by atoms with Gasteiger partial charge in [-0.2, -0.15) is 0 Å². The van der Waals surface area contributed by atoms with Crippen molar-refractivity contribution in [2.24, 2.45) is 0 Å². The van der Waals surface area contributed by atoms with E-state index in [1.54, 1.807) is 6.07 Å². The van der Waals surface area contributed by atoms with Crippen molar-refractivity contribution in [1.29, 1.82) is 0 Å². The number of carbonyl (C=O) groups excluding carboxylic acids is 1. The summed E-state index contributed by atoms with van der Waals surface area (Å²) >= 11 is 3.15. The van der Waals surface area contributed by atoms with Crippen LogP contribution in [0.4, 0.5) is 4.39 Å². The van der Waals surface area contributed by atoms with Gasteiger partial charge in [0.25, 0.3) is 5.91 Å². The number of amides is 1. The average molecular weight is 302 g/mol. The minimum atomic E-state index is -0.495. The molecule has 1 amide bonds. The molecule has 0 bridgehead atoms. The zero-order valence-corrected chi connectivity index (χ0v) is 11.5. The van der Waals surface area contributed by atoms with Crippen LogP contribution in [0, 0.1) is 5.82 Å². The Labute approximate surface area is 110 Å². The Bertz CT molecular complexity index is 382. The third-order valence-electron chi connectivity index (χ3n) is 2.49. The first-order valence-corrected chi connectivity index (χ1v) is 6.67. The van der Waals surface area contributed by atoms with Crippen LogP contribution in [0.3, 0.4) is 0 Å². The third kappa shape index (κ3) is 4.86. The summed E-state index contributed by atoms with van der Waals surface area (Å²) in [7, 11) is 0. The number of rotatable bonds is 6. The lowest BCUT2D eigenvalue weighted by atomic mass is 10.2. The summed E-state index contributed by atoms with van der Waals surface area (Å²) in [4.78, 5) is 11.6. The maximum atomic E-state index is 13.4. The summed E-state index contributed by atoms with van der Waals surface area (Å²) in [6, 6.07) is 4.45. The highest BCUT2D eigenvalue weighted by Crippen LogP contribution is 2.15. The fraction of sp³-hybridized carbons (Fsp3) is 0.462. The van der Waals surface area contributed by atoms with Crippen molar-refractivity contribution in [2.45, 2.75) is 32.6 Å². The first kappa shape index (κ1) is 14.2. The Morgan fingerprint density at radius 3 is 2.76 bits per heavy atom. The third-order valence-corrected chi connectivity index (χ3v) is 2.98. The largest absolute Gasteiger partial charge is 0.352 e. The molecule has 0 saturated heterocycles. The lowest BCUT2D eigenvalue weighted by Crippen LogP contribution is -2.25. The van der Waals surface area contributed by atoms with Crippen LogP contribution in [0.1, 0.15) is 43.0 Å². The molecule has 17 heavy (non-hydrogen) atoms. The second kappa shape index (κ2) is 7.43. The molecule has 1 aromatic carbocycles. The number of nitrogens with one attached hydrogen (secondary N) is 1. The molecule has 2 nitrogen and oxygen atoms in total. The van der Waals surface area contributed by atoms with Crippen LogP contribution in [0.2, 0.25) is 0 Å². The number of halogens is 2. The van der Waals surface area contributed by atoms with E-state index in [1.165, 1.54) is 18.6 Å². The summed E-state index contributed by atoms with van der Waals surface area (Å²) in [5.41, 5.74) is 0.101.